The average molecular weight is 485 g/mol. The molecule has 1 saturated heterocycles. The van der Waals surface area contributed by atoms with Crippen LogP contribution in [0.25, 0.3) is 5.76 Å². The van der Waals surface area contributed by atoms with Gasteiger partial charge in [-0.15, -0.1) is 0 Å². The van der Waals surface area contributed by atoms with Crippen LogP contribution in [0.2, 0.25) is 0 Å². The Bertz CT molecular complexity index is 1240. The molecule has 1 atom stereocenters. The maximum Gasteiger partial charge on any atom is 0.300 e. The number of pyridine rings is 1. The summed E-state index contributed by atoms with van der Waals surface area (Å²) in [5.74, 6) is -4.20. The van der Waals surface area contributed by atoms with Gasteiger partial charge < -0.3 is 5.11 Å². The largest absolute Gasteiger partial charge is 0.507 e. The number of hydrogen-bond acceptors (Lipinski definition) is 4. The van der Waals surface area contributed by atoms with Gasteiger partial charge in [0.1, 0.15) is 17.4 Å². The molecule has 2 heterocycles. The molecule has 5 nitrogen and oxygen atoms in total. The van der Waals surface area contributed by atoms with Crippen molar-refractivity contribution < 1.29 is 23.5 Å². The molecule has 1 amide bonds. The minimum absolute atomic E-state index is 0.193. The summed E-state index contributed by atoms with van der Waals surface area (Å²) in [5.41, 5.74) is 1.12. The number of carbonyl (C=O) groups is 2. The number of nitrogens with zero attached hydrogens (tertiary/aromatic N) is 2. The molecule has 1 N–H and O–H groups in total. The molecule has 1 fully saturated rings. The van der Waals surface area contributed by atoms with Gasteiger partial charge in [-0.05, 0) is 54.4 Å². The third-order valence-corrected chi connectivity index (χ3v) is 5.96. The third-order valence-electron chi connectivity index (χ3n) is 5.07. The Hall–Kier alpha value is -3.39. The lowest BCUT2D eigenvalue weighted by Crippen LogP contribution is -2.30. The van der Waals surface area contributed by atoms with Crippen LogP contribution < -0.4 is 4.90 Å². The van der Waals surface area contributed by atoms with E-state index in [9.17, 15) is 23.5 Å². The van der Waals surface area contributed by atoms with Crippen molar-refractivity contribution in [1.82, 2.24) is 4.98 Å². The number of aliphatic hydroxyl groups excluding tert-OH is 1. The second-order valence-corrected chi connectivity index (χ2v) is 7.86. The van der Waals surface area contributed by atoms with Crippen LogP contribution >= 0.6 is 15.9 Å². The average Bonchev–Trinajstić information content (AvgIpc) is 3.01. The summed E-state index contributed by atoms with van der Waals surface area (Å²) in [6.07, 6.45) is 2.92. The molecule has 8 heteroatoms. The smallest absolute Gasteiger partial charge is 0.300 e. The number of ketones is 1. The fraction of sp³-hybridized carbons (Fsp3) is 0.0870. The second kappa shape index (κ2) is 8.03. The maximum absolute atomic E-state index is 14.6. The van der Waals surface area contributed by atoms with Crippen molar-refractivity contribution in [3.05, 3.63) is 99.3 Å². The lowest BCUT2D eigenvalue weighted by Gasteiger charge is -2.25. The maximum atomic E-state index is 14.6. The quantitative estimate of drug-likeness (QED) is 0.320. The van der Waals surface area contributed by atoms with E-state index in [1.54, 1.807) is 30.3 Å². The predicted molar refractivity (Wildman–Crippen MR) is 114 cm³/mol. The molecular formula is C23H15BrF2N2O3. The van der Waals surface area contributed by atoms with E-state index in [-0.39, 0.29) is 17.0 Å². The number of halogens is 3. The Balaban J connectivity index is 1.97. The molecule has 1 aliphatic heterocycles. The summed E-state index contributed by atoms with van der Waals surface area (Å²) in [5, 5.41) is 11.0. The number of amides is 1. The minimum atomic E-state index is -1.12. The van der Waals surface area contributed by atoms with Gasteiger partial charge in [-0.1, -0.05) is 22.0 Å². The summed E-state index contributed by atoms with van der Waals surface area (Å²) in [4.78, 5) is 30.8. The monoisotopic (exact) mass is 484 g/mol. The van der Waals surface area contributed by atoms with Crippen molar-refractivity contribution in [1.29, 1.82) is 0 Å². The predicted octanol–water partition coefficient (Wildman–Crippen LogP) is 5.06. The second-order valence-electron chi connectivity index (χ2n) is 7.01. The molecule has 0 aliphatic carbocycles. The minimum Gasteiger partial charge on any atom is -0.507 e. The molecule has 0 saturated carbocycles. The zero-order valence-corrected chi connectivity index (χ0v) is 17.7. The van der Waals surface area contributed by atoms with Crippen molar-refractivity contribution in [3.8, 4) is 0 Å². The van der Waals surface area contributed by atoms with E-state index >= 15 is 0 Å². The molecule has 2 aromatic carbocycles. The zero-order chi connectivity index (χ0) is 22.3. The highest BCUT2D eigenvalue weighted by Gasteiger charge is 2.47. The number of aliphatic hydroxyl groups is 1. The lowest BCUT2D eigenvalue weighted by atomic mass is 9.95. The molecule has 0 radical (unpaired) electrons. The molecule has 1 aliphatic rings. The van der Waals surface area contributed by atoms with Crippen LogP contribution in [0.4, 0.5) is 14.5 Å². The van der Waals surface area contributed by atoms with Crippen LogP contribution in [0.3, 0.4) is 0 Å². The lowest BCUT2D eigenvalue weighted by molar-refractivity contribution is -0.132. The van der Waals surface area contributed by atoms with Gasteiger partial charge in [0, 0.05) is 28.5 Å². The summed E-state index contributed by atoms with van der Waals surface area (Å²) in [7, 11) is 0. The van der Waals surface area contributed by atoms with Crippen LogP contribution in [0.5, 0.6) is 0 Å². The topological polar surface area (TPSA) is 70.5 Å². The number of aromatic nitrogens is 1. The Morgan fingerprint density at radius 1 is 1.06 bits per heavy atom. The number of rotatable bonds is 3. The van der Waals surface area contributed by atoms with Crippen molar-refractivity contribution in [2.24, 2.45) is 0 Å². The Morgan fingerprint density at radius 2 is 1.77 bits per heavy atom. The molecular weight excluding hydrogens is 470 g/mol. The molecule has 1 unspecified atom stereocenters. The van der Waals surface area contributed by atoms with E-state index in [4.69, 9.17) is 0 Å². The number of carbonyl (C=O) groups excluding carboxylic acids is 2. The van der Waals surface area contributed by atoms with Gasteiger partial charge in [-0.2, -0.15) is 0 Å². The Labute approximate surface area is 184 Å². The van der Waals surface area contributed by atoms with Crippen molar-refractivity contribution in [3.63, 3.8) is 0 Å². The zero-order valence-electron chi connectivity index (χ0n) is 16.1. The SMILES string of the molecule is Cc1cc(/C(O)=C2\C(=O)C(=O)N(c3ccc(F)cc3F)C2c2ccncc2)ccc1Br. The van der Waals surface area contributed by atoms with Crippen LogP contribution in [-0.2, 0) is 9.59 Å². The van der Waals surface area contributed by atoms with Gasteiger partial charge in [0.25, 0.3) is 11.7 Å². The van der Waals surface area contributed by atoms with Crippen LogP contribution in [0.1, 0.15) is 22.7 Å². The summed E-state index contributed by atoms with van der Waals surface area (Å²) in [6, 6.07) is 9.70. The van der Waals surface area contributed by atoms with Gasteiger partial charge in [0.05, 0.1) is 17.3 Å². The highest BCUT2D eigenvalue weighted by atomic mass is 79.9. The van der Waals surface area contributed by atoms with Gasteiger partial charge in [-0.3, -0.25) is 19.5 Å². The number of aryl methyl sites for hydroxylation is 1. The van der Waals surface area contributed by atoms with E-state index in [1.165, 1.54) is 12.4 Å². The van der Waals surface area contributed by atoms with Crippen LogP contribution in [0.15, 0.2) is 71.0 Å². The third kappa shape index (κ3) is 3.63. The number of hydrogen-bond donors (Lipinski definition) is 1. The first-order valence-electron chi connectivity index (χ1n) is 9.22. The van der Waals surface area contributed by atoms with Gasteiger partial charge in [0.2, 0.25) is 0 Å². The normalized spacial score (nSPS) is 17.9. The summed E-state index contributed by atoms with van der Waals surface area (Å²) in [6.45, 7) is 1.81. The van der Waals surface area contributed by atoms with E-state index < -0.39 is 29.4 Å². The van der Waals surface area contributed by atoms with Gasteiger partial charge in [-0.25, -0.2) is 8.78 Å². The molecule has 3 aromatic rings. The first-order valence-corrected chi connectivity index (χ1v) is 10.0. The van der Waals surface area contributed by atoms with Crippen molar-refractivity contribution in [2.75, 3.05) is 4.90 Å². The molecule has 0 spiro atoms. The fourth-order valence-electron chi connectivity index (χ4n) is 3.57. The van der Waals surface area contributed by atoms with E-state index in [0.717, 1.165) is 27.1 Å². The van der Waals surface area contributed by atoms with Crippen molar-refractivity contribution >= 4 is 39.1 Å². The van der Waals surface area contributed by atoms with Crippen LogP contribution in [0, 0.1) is 18.6 Å². The molecule has 0 bridgehead atoms. The Morgan fingerprint density at radius 3 is 2.42 bits per heavy atom. The number of anilines is 1. The molecule has 31 heavy (non-hydrogen) atoms. The molecule has 4 rings (SSSR count). The van der Waals surface area contributed by atoms with E-state index in [1.807, 2.05) is 6.92 Å². The van der Waals surface area contributed by atoms with Crippen molar-refractivity contribution in [2.45, 2.75) is 13.0 Å². The summed E-state index contributed by atoms with van der Waals surface area (Å²) >= 11 is 3.38. The highest BCUT2D eigenvalue weighted by Crippen LogP contribution is 2.43. The fourth-order valence-corrected chi connectivity index (χ4v) is 3.81. The first kappa shape index (κ1) is 20.9. The standard InChI is InChI=1S/C23H15BrF2N2O3/c1-12-10-14(2-4-16(12)24)21(29)19-20(13-6-8-27-9-7-13)28(23(31)22(19)30)18-5-3-15(25)11-17(18)26/h2-11,20,29H,1H3/b21-19+. The van der Waals surface area contributed by atoms with Crippen LogP contribution in [-0.4, -0.2) is 21.8 Å². The molecule has 1 aromatic heterocycles. The van der Waals surface area contributed by atoms with E-state index in [0.29, 0.717) is 17.2 Å². The number of Topliss-reactive ketones (excluding diaryl/α,β-unsaturated/α-hetero) is 1. The Kier molecular flexibility index (Phi) is 5.41. The van der Waals surface area contributed by atoms with Gasteiger partial charge >= 0.3 is 0 Å². The number of benzene rings is 2. The highest BCUT2D eigenvalue weighted by molar-refractivity contribution is 9.10. The molecule has 156 valence electrons. The van der Waals surface area contributed by atoms with E-state index in [2.05, 4.69) is 20.9 Å². The first-order chi connectivity index (χ1) is 14.8. The van der Waals surface area contributed by atoms with Gasteiger partial charge in [0.15, 0.2) is 0 Å². The summed E-state index contributed by atoms with van der Waals surface area (Å²) < 4.78 is 28.9.